The smallest absolute Gasteiger partial charge is 0.309 e. The molecule has 3 rings (SSSR count). The second-order valence-corrected chi connectivity index (χ2v) is 4.97. The number of nitrogens with zero attached hydrogens (tertiary/aromatic N) is 2. The van der Waals surface area contributed by atoms with Crippen LogP contribution in [-0.4, -0.2) is 22.0 Å². The van der Waals surface area contributed by atoms with Crippen LogP contribution in [0.3, 0.4) is 0 Å². The Bertz CT molecular complexity index is 655. The number of imidazole rings is 1. The zero-order chi connectivity index (χ0) is 13.6. The molecule has 4 nitrogen and oxygen atoms in total. The fraction of sp³-hybridized carbons (Fsp3) is 0.385. The summed E-state index contributed by atoms with van der Waals surface area (Å²) in [4.78, 5) is 15.8. The molecule has 0 N–H and O–H groups in total. The van der Waals surface area contributed by atoms with Crippen molar-refractivity contribution in [3.05, 3.63) is 35.1 Å². The maximum atomic E-state index is 14.0. The third-order valence-corrected chi connectivity index (χ3v) is 3.64. The van der Waals surface area contributed by atoms with Gasteiger partial charge in [-0.1, -0.05) is 11.6 Å². The Balaban J connectivity index is 1.95. The summed E-state index contributed by atoms with van der Waals surface area (Å²) in [5.74, 6) is -1.02. The lowest BCUT2D eigenvalue weighted by molar-refractivity contribution is -0.144. The van der Waals surface area contributed by atoms with Gasteiger partial charge in [0.1, 0.15) is 5.52 Å². The van der Waals surface area contributed by atoms with Crippen LogP contribution in [0.4, 0.5) is 4.39 Å². The molecule has 0 amide bonds. The van der Waals surface area contributed by atoms with Crippen molar-refractivity contribution in [3.63, 3.8) is 0 Å². The van der Waals surface area contributed by atoms with E-state index >= 15 is 0 Å². The molecule has 0 spiro atoms. The van der Waals surface area contributed by atoms with Gasteiger partial charge in [-0.2, -0.15) is 0 Å². The molecule has 1 fully saturated rings. The van der Waals surface area contributed by atoms with Gasteiger partial charge in [0.15, 0.2) is 5.82 Å². The highest BCUT2D eigenvalue weighted by Gasteiger charge is 2.47. The van der Waals surface area contributed by atoms with Crippen LogP contribution in [0.5, 0.6) is 0 Å². The second kappa shape index (κ2) is 4.49. The van der Waals surface area contributed by atoms with Crippen molar-refractivity contribution in [2.45, 2.75) is 19.3 Å². The van der Waals surface area contributed by atoms with Crippen molar-refractivity contribution in [3.8, 4) is 0 Å². The van der Waals surface area contributed by atoms with Crippen LogP contribution in [0, 0.1) is 11.7 Å². The van der Waals surface area contributed by atoms with Gasteiger partial charge < -0.3 is 9.14 Å². The number of aromatic nitrogens is 2. The van der Waals surface area contributed by atoms with Gasteiger partial charge in [-0.15, -0.1) is 0 Å². The lowest BCUT2D eigenvalue weighted by Gasteiger charge is -2.02. The van der Waals surface area contributed by atoms with E-state index in [2.05, 4.69) is 4.98 Å². The minimum atomic E-state index is -0.494. The molecule has 6 heteroatoms. The van der Waals surface area contributed by atoms with Crippen molar-refractivity contribution in [2.75, 3.05) is 6.61 Å². The van der Waals surface area contributed by atoms with E-state index in [-0.39, 0.29) is 22.8 Å². The molecule has 100 valence electrons. The summed E-state index contributed by atoms with van der Waals surface area (Å²) in [7, 11) is 0. The summed E-state index contributed by atoms with van der Waals surface area (Å²) in [5, 5.41) is 0.0579. The van der Waals surface area contributed by atoms with Crippen LogP contribution in [-0.2, 0) is 9.53 Å². The molecule has 2 atom stereocenters. The third kappa shape index (κ3) is 1.98. The van der Waals surface area contributed by atoms with Crippen molar-refractivity contribution in [1.82, 2.24) is 9.38 Å². The Morgan fingerprint density at radius 2 is 2.47 bits per heavy atom. The Hall–Kier alpha value is -1.62. The highest BCUT2D eigenvalue weighted by atomic mass is 35.5. The van der Waals surface area contributed by atoms with Crippen molar-refractivity contribution >= 4 is 23.1 Å². The molecule has 0 radical (unpaired) electrons. The summed E-state index contributed by atoms with van der Waals surface area (Å²) in [6, 6.07) is 1.48. The zero-order valence-electron chi connectivity index (χ0n) is 10.3. The SMILES string of the molecule is CCOC(=O)C1CC1c1ncn2ccc(Cl)c(F)c12. The van der Waals surface area contributed by atoms with E-state index in [9.17, 15) is 9.18 Å². The van der Waals surface area contributed by atoms with E-state index < -0.39 is 5.82 Å². The Kier molecular flexibility index (Phi) is 2.93. The van der Waals surface area contributed by atoms with Crippen LogP contribution < -0.4 is 0 Å². The molecule has 2 aromatic heterocycles. The number of hydrogen-bond donors (Lipinski definition) is 0. The van der Waals surface area contributed by atoms with Gasteiger partial charge in [0.25, 0.3) is 0 Å². The van der Waals surface area contributed by atoms with Gasteiger partial charge in [0.05, 0.1) is 29.6 Å². The Morgan fingerprint density at radius 1 is 1.68 bits per heavy atom. The largest absolute Gasteiger partial charge is 0.466 e. The number of hydrogen-bond acceptors (Lipinski definition) is 3. The molecule has 1 aliphatic rings. The fourth-order valence-corrected chi connectivity index (χ4v) is 2.47. The van der Waals surface area contributed by atoms with E-state index in [0.717, 1.165) is 0 Å². The number of rotatable bonds is 3. The number of esters is 1. The number of fused-ring (bicyclic) bond motifs is 1. The highest BCUT2D eigenvalue weighted by molar-refractivity contribution is 6.31. The molecule has 1 aliphatic carbocycles. The molecule has 1 saturated carbocycles. The lowest BCUT2D eigenvalue weighted by atomic mass is 10.2. The van der Waals surface area contributed by atoms with E-state index in [1.807, 2.05) is 0 Å². The molecule has 2 heterocycles. The number of carbonyl (C=O) groups excluding carboxylic acids is 1. The van der Waals surface area contributed by atoms with E-state index in [0.29, 0.717) is 24.2 Å². The first-order valence-corrected chi connectivity index (χ1v) is 6.48. The maximum Gasteiger partial charge on any atom is 0.309 e. The van der Waals surface area contributed by atoms with Crippen LogP contribution in [0.15, 0.2) is 18.6 Å². The van der Waals surface area contributed by atoms with Gasteiger partial charge in [-0.05, 0) is 19.4 Å². The molecule has 19 heavy (non-hydrogen) atoms. The van der Waals surface area contributed by atoms with Crippen molar-refractivity contribution < 1.29 is 13.9 Å². The van der Waals surface area contributed by atoms with E-state index in [4.69, 9.17) is 16.3 Å². The van der Waals surface area contributed by atoms with Gasteiger partial charge in [-0.25, -0.2) is 9.37 Å². The lowest BCUT2D eigenvalue weighted by Crippen LogP contribution is -2.07. The second-order valence-electron chi connectivity index (χ2n) is 4.56. The highest BCUT2D eigenvalue weighted by Crippen LogP contribution is 2.49. The first-order valence-electron chi connectivity index (χ1n) is 6.10. The standard InChI is InChI=1S/C13H12ClFN2O2/c1-2-19-13(18)8-5-7(8)11-12-10(15)9(14)3-4-17(12)6-16-11/h3-4,6-8H,2,5H2,1H3. The molecule has 0 aliphatic heterocycles. The molecular weight excluding hydrogens is 271 g/mol. The third-order valence-electron chi connectivity index (χ3n) is 3.35. The number of ether oxygens (including phenoxy) is 1. The van der Waals surface area contributed by atoms with Gasteiger partial charge in [0, 0.05) is 12.1 Å². The topological polar surface area (TPSA) is 43.6 Å². The number of halogens is 2. The molecule has 0 bridgehead atoms. The fourth-order valence-electron chi connectivity index (χ4n) is 2.32. The number of carbonyl (C=O) groups is 1. The Morgan fingerprint density at radius 3 is 3.21 bits per heavy atom. The quantitative estimate of drug-likeness (QED) is 0.813. The zero-order valence-corrected chi connectivity index (χ0v) is 11.0. The molecule has 0 saturated heterocycles. The van der Waals surface area contributed by atoms with E-state index in [1.165, 1.54) is 12.4 Å². The summed E-state index contributed by atoms with van der Waals surface area (Å²) in [6.07, 6.45) is 3.83. The van der Waals surface area contributed by atoms with Crippen molar-refractivity contribution in [2.24, 2.45) is 5.92 Å². The Labute approximate surface area is 114 Å². The average molecular weight is 283 g/mol. The first-order chi connectivity index (χ1) is 9.13. The summed E-state index contributed by atoms with van der Waals surface area (Å²) in [5.41, 5.74) is 0.933. The minimum absolute atomic E-state index is 0.0579. The molecular formula is C13H12ClFN2O2. The van der Waals surface area contributed by atoms with Crippen molar-refractivity contribution in [1.29, 1.82) is 0 Å². The van der Waals surface area contributed by atoms with Gasteiger partial charge >= 0.3 is 5.97 Å². The summed E-state index contributed by atoms with van der Waals surface area (Å²) >= 11 is 5.78. The summed E-state index contributed by atoms with van der Waals surface area (Å²) < 4.78 is 20.6. The van der Waals surface area contributed by atoms with Crippen LogP contribution in [0.1, 0.15) is 25.0 Å². The minimum Gasteiger partial charge on any atom is -0.466 e. The van der Waals surface area contributed by atoms with Crippen LogP contribution in [0.2, 0.25) is 5.02 Å². The normalized spacial score (nSPS) is 21.6. The van der Waals surface area contributed by atoms with Crippen LogP contribution in [0.25, 0.3) is 5.52 Å². The number of pyridine rings is 1. The monoisotopic (exact) mass is 282 g/mol. The molecule has 0 aromatic carbocycles. The van der Waals surface area contributed by atoms with E-state index in [1.54, 1.807) is 17.5 Å². The predicted molar refractivity (Wildman–Crippen MR) is 67.6 cm³/mol. The first kappa shape index (κ1) is 12.4. The maximum absolute atomic E-state index is 14.0. The average Bonchev–Trinajstić information content (AvgIpc) is 3.07. The van der Waals surface area contributed by atoms with Crippen LogP contribution >= 0.6 is 11.6 Å². The predicted octanol–water partition coefficient (Wildman–Crippen LogP) is 2.79. The van der Waals surface area contributed by atoms with Gasteiger partial charge in [-0.3, -0.25) is 4.79 Å². The molecule has 2 unspecified atom stereocenters. The van der Waals surface area contributed by atoms with Gasteiger partial charge in [0.2, 0.25) is 0 Å². The molecule has 2 aromatic rings. The summed E-state index contributed by atoms with van der Waals surface area (Å²) in [6.45, 7) is 2.12.